The second-order valence-corrected chi connectivity index (χ2v) is 6.26. The van der Waals surface area contributed by atoms with E-state index in [4.69, 9.17) is 11.6 Å². The lowest BCUT2D eigenvalue weighted by Gasteiger charge is -2.39. The molecule has 1 aliphatic rings. The minimum atomic E-state index is -4.34. The van der Waals surface area contributed by atoms with Gasteiger partial charge in [0.2, 0.25) is 0 Å². The molecule has 0 amide bonds. The Labute approximate surface area is 158 Å². The van der Waals surface area contributed by atoms with E-state index >= 15 is 0 Å². The molecule has 2 nitrogen and oxygen atoms in total. The highest BCUT2D eigenvalue weighted by atomic mass is 35.5. The van der Waals surface area contributed by atoms with Gasteiger partial charge in [-0.15, -0.1) is 24.8 Å². The molecule has 1 aliphatic heterocycles. The van der Waals surface area contributed by atoms with E-state index in [9.17, 15) is 13.2 Å². The molecule has 0 aromatic heterocycles. The first-order valence-corrected chi connectivity index (χ1v) is 8.03. The average molecular weight is 408 g/mol. The van der Waals surface area contributed by atoms with E-state index in [2.05, 4.69) is 24.1 Å². The largest absolute Gasteiger partial charge is 0.416 e. The van der Waals surface area contributed by atoms with Crippen molar-refractivity contribution in [3.05, 3.63) is 34.3 Å². The Bertz CT molecular complexity index is 506. The Hall–Kier alpha value is -0.200. The highest BCUT2D eigenvalue weighted by molar-refractivity contribution is 6.31. The zero-order valence-electron chi connectivity index (χ0n) is 13.7. The predicted molar refractivity (Wildman–Crippen MR) is 97.6 cm³/mol. The van der Waals surface area contributed by atoms with Crippen molar-refractivity contribution < 1.29 is 13.2 Å². The number of piperazine rings is 1. The second kappa shape index (κ2) is 10.1. The summed E-state index contributed by atoms with van der Waals surface area (Å²) >= 11 is 6.25. The minimum absolute atomic E-state index is 0. The first-order valence-electron chi connectivity index (χ1n) is 7.66. The molecule has 0 aliphatic carbocycles. The van der Waals surface area contributed by atoms with E-state index < -0.39 is 11.7 Å². The summed E-state index contributed by atoms with van der Waals surface area (Å²) in [5.41, 5.74) is -0.0388. The molecule has 1 N–H and O–H groups in total. The van der Waals surface area contributed by atoms with Gasteiger partial charge in [-0.25, -0.2) is 0 Å². The number of benzene rings is 1. The van der Waals surface area contributed by atoms with Crippen LogP contribution in [0.15, 0.2) is 18.2 Å². The third-order valence-electron chi connectivity index (χ3n) is 4.37. The number of hydrogen-bond acceptors (Lipinski definition) is 2. The van der Waals surface area contributed by atoms with Crippen LogP contribution < -0.4 is 5.32 Å². The van der Waals surface area contributed by atoms with Gasteiger partial charge >= 0.3 is 6.18 Å². The van der Waals surface area contributed by atoms with Crippen LogP contribution in [0.25, 0.3) is 0 Å². The predicted octanol–water partition coefficient (Wildman–Crippen LogP) is 5.19. The summed E-state index contributed by atoms with van der Waals surface area (Å²) in [6.07, 6.45) is -3.45. The molecular formula is C16H24Cl3F3N2. The van der Waals surface area contributed by atoms with Crippen LogP contribution in [0.4, 0.5) is 13.2 Å². The average Bonchev–Trinajstić information content (AvgIpc) is 2.49. The summed E-state index contributed by atoms with van der Waals surface area (Å²) in [5.74, 6) is 0.235. The molecule has 1 saturated heterocycles. The number of nitrogens with one attached hydrogen (secondary N) is 1. The van der Waals surface area contributed by atoms with Crippen LogP contribution in [0, 0.1) is 5.92 Å². The van der Waals surface area contributed by atoms with Gasteiger partial charge in [-0.3, -0.25) is 4.90 Å². The van der Waals surface area contributed by atoms with Crippen LogP contribution in [-0.2, 0) is 6.18 Å². The Balaban J connectivity index is 0.00000264. The molecule has 24 heavy (non-hydrogen) atoms. The van der Waals surface area contributed by atoms with Crippen LogP contribution in [0.3, 0.4) is 0 Å². The molecule has 8 heteroatoms. The number of nitrogens with zero attached hydrogens (tertiary/aromatic N) is 1. The normalized spacial score (nSPS) is 18.2. The van der Waals surface area contributed by atoms with Crippen LogP contribution in [-0.4, -0.2) is 31.1 Å². The van der Waals surface area contributed by atoms with E-state index in [-0.39, 0.29) is 36.8 Å². The second-order valence-electron chi connectivity index (χ2n) is 5.85. The molecule has 2 rings (SSSR count). The Morgan fingerprint density at radius 3 is 2.29 bits per heavy atom. The maximum absolute atomic E-state index is 13.0. The Kier molecular flexibility index (Phi) is 9.99. The van der Waals surface area contributed by atoms with Gasteiger partial charge in [0.1, 0.15) is 0 Å². The lowest BCUT2D eigenvalue weighted by Crippen LogP contribution is -2.46. The first-order chi connectivity index (χ1) is 10.3. The van der Waals surface area contributed by atoms with E-state index in [0.717, 1.165) is 38.7 Å². The highest BCUT2D eigenvalue weighted by Gasteiger charge is 2.34. The van der Waals surface area contributed by atoms with Gasteiger partial charge in [0.15, 0.2) is 0 Å². The van der Waals surface area contributed by atoms with Crippen LogP contribution in [0.1, 0.15) is 37.4 Å². The van der Waals surface area contributed by atoms with Crippen molar-refractivity contribution in [2.75, 3.05) is 26.2 Å². The first kappa shape index (κ1) is 23.8. The van der Waals surface area contributed by atoms with Crippen LogP contribution in [0.2, 0.25) is 5.02 Å². The number of hydrogen-bond donors (Lipinski definition) is 1. The monoisotopic (exact) mass is 406 g/mol. The third kappa shape index (κ3) is 5.67. The molecule has 1 unspecified atom stereocenters. The zero-order valence-corrected chi connectivity index (χ0v) is 16.1. The summed E-state index contributed by atoms with van der Waals surface area (Å²) < 4.78 is 39.1. The van der Waals surface area contributed by atoms with Gasteiger partial charge in [0.25, 0.3) is 0 Å². The highest BCUT2D eigenvalue weighted by Crippen LogP contribution is 2.39. The van der Waals surface area contributed by atoms with Crippen molar-refractivity contribution in [2.24, 2.45) is 5.92 Å². The fraction of sp³-hybridized carbons (Fsp3) is 0.625. The molecule has 0 radical (unpaired) electrons. The van der Waals surface area contributed by atoms with Gasteiger partial charge in [0, 0.05) is 37.2 Å². The molecule has 1 aromatic rings. The molecule has 2 atom stereocenters. The van der Waals surface area contributed by atoms with Gasteiger partial charge in [-0.05, 0) is 29.7 Å². The van der Waals surface area contributed by atoms with Crippen LogP contribution >= 0.6 is 36.4 Å². The molecule has 1 aromatic carbocycles. The maximum atomic E-state index is 13.0. The molecule has 0 saturated carbocycles. The lowest BCUT2D eigenvalue weighted by atomic mass is 9.89. The van der Waals surface area contributed by atoms with E-state index in [1.54, 1.807) is 0 Å². The number of alkyl halides is 3. The maximum Gasteiger partial charge on any atom is 0.416 e. The van der Waals surface area contributed by atoms with E-state index in [0.29, 0.717) is 10.6 Å². The summed E-state index contributed by atoms with van der Waals surface area (Å²) in [6.45, 7) is 7.47. The summed E-state index contributed by atoms with van der Waals surface area (Å²) in [7, 11) is 0. The lowest BCUT2D eigenvalue weighted by molar-refractivity contribution is -0.137. The van der Waals surface area contributed by atoms with E-state index in [1.807, 2.05) is 0 Å². The molecule has 1 heterocycles. The van der Waals surface area contributed by atoms with Gasteiger partial charge in [0.05, 0.1) is 5.56 Å². The molecule has 0 spiro atoms. The quantitative estimate of drug-likeness (QED) is 0.738. The van der Waals surface area contributed by atoms with Crippen molar-refractivity contribution >= 4 is 36.4 Å². The third-order valence-corrected chi connectivity index (χ3v) is 4.71. The molecular weight excluding hydrogens is 384 g/mol. The SMILES string of the molecule is CCC(C)[C@H](c1cc(C(F)(F)F)ccc1Cl)N1CCNCC1.Cl.Cl. The molecule has 140 valence electrons. The number of rotatable bonds is 4. The van der Waals surface area contributed by atoms with E-state index in [1.165, 1.54) is 12.1 Å². The van der Waals surface area contributed by atoms with Gasteiger partial charge in [-0.2, -0.15) is 13.2 Å². The van der Waals surface area contributed by atoms with Gasteiger partial charge in [-0.1, -0.05) is 31.9 Å². The van der Waals surface area contributed by atoms with Crippen molar-refractivity contribution in [3.8, 4) is 0 Å². The van der Waals surface area contributed by atoms with Gasteiger partial charge < -0.3 is 5.32 Å². The summed E-state index contributed by atoms with van der Waals surface area (Å²) in [6, 6.07) is 3.57. The minimum Gasteiger partial charge on any atom is -0.314 e. The van der Waals surface area contributed by atoms with Crippen molar-refractivity contribution in [2.45, 2.75) is 32.5 Å². The fourth-order valence-corrected chi connectivity index (χ4v) is 3.22. The molecule has 0 bridgehead atoms. The van der Waals surface area contributed by atoms with Crippen LogP contribution in [0.5, 0.6) is 0 Å². The Morgan fingerprint density at radius 1 is 1.21 bits per heavy atom. The van der Waals surface area contributed by atoms with Crippen molar-refractivity contribution in [1.29, 1.82) is 0 Å². The smallest absolute Gasteiger partial charge is 0.314 e. The van der Waals surface area contributed by atoms with Crippen molar-refractivity contribution in [1.82, 2.24) is 10.2 Å². The Morgan fingerprint density at radius 2 is 1.79 bits per heavy atom. The summed E-state index contributed by atoms with van der Waals surface area (Å²) in [4.78, 5) is 2.24. The van der Waals surface area contributed by atoms with Crippen molar-refractivity contribution in [3.63, 3.8) is 0 Å². The molecule has 1 fully saturated rings. The topological polar surface area (TPSA) is 15.3 Å². The standard InChI is InChI=1S/C16H22ClF3N2.2ClH/c1-3-11(2)15(22-8-6-21-7-9-22)13-10-12(16(18,19)20)4-5-14(13)17;;/h4-5,10-11,15,21H,3,6-9H2,1-2H3;2*1H/t11?,15-;;/m1../s1. The zero-order chi connectivity index (χ0) is 16.3. The fourth-order valence-electron chi connectivity index (χ4n) is 2.99. The number of halogens is 6. The summed E-state index contributed by atoms with van der Waals surface area (Å²) in [5, 5.41) is 3.69.